The highest BCUT2D eigenvalue weighted by Gasteiger charge is 2.36. The van der Waals surface area contributed by atoms with Crippen molar-refractivity contribution in [2.75, 3.05) is 11.4 Å². The molecule has 0 saturated carbocycles. The number of alkyl halides is 3. The van der Waals surface area contributed by atoms with E-state index in [2.05, 4.69) is 0 Å². The minimum Gasteiger partial charge on any atom is -0.465 e. The Balaban J connectivity index is 3.22. The average molecular weight is 264 g/mol. The van der Waals surface area contributed by atoms with Crippen molar-refractivity contribution in [3.05, 3.63) is 34.4 Å². The van der Waals surface area contributed by atoms with Crippen molar-refractivity contribution in [2.45, 2.75) is 6.18 Å². The maximum atomic E-state index is 12.2. The number of halogens is 3. The highest BCUT2D eigenvalue weighted by atomic mass is 19.4. The molecule has 0 unspecified atom stereocenters. The first-order valence-corrected chi connectivity index (χ1v) is 4.53. The Kier molecular flexibility index (Phi) is 3.74. The number of nitrogens with zero attached hydrogens (tertiary/aromatic N) is 2. The van der Waals surface area contributed by atoms with Gasteiger partial charge in [-0.05, 0) is 6.07 Å². The van der Waals surface area contributed by atoms with Crippen LogP contribution in [0.15, 0.2) is 24.3 Å². The number of carboxylic acid groups (broad SMARTS) is 1. The highest BCUT2D eigenvalue weighted by molar-refractivity contribution is 5.89. The second-order valence-electron chi connectivity index (χ2n) is 3.23. The molecule has 0 aliphatic carbocycles. The molecule has 0 radical (unpaired) electrons. The van der Waals surface area contributed by atoms with Gasteiger partial charge in [0, 0.05) is 6.07 Å². The van der Waals surface area contributed by atoms with Gasteiger partial charge in [-0.15, -0.1) is 0 Å². The average Bonchev–Trinajstić information content (AvgIpc) is 2.24. The molecular formula is C9H7F3N2O4. The van der Waals surface area contributed by atoms with Crippen LogP contribution in [0.2, 0.25) is 0 Å². The van der Waals surface area contributed by atoms with Crippen molar-refractivity contribution in [1.29, 1.82) is 0 Å². The van der Waals surface area contributed by atoms with Crippen molar-refractivity contribution in [1.82, 2.24) is 0 Å². The summed E-state index contributed by atoms with van der Waals surface area (Å²) in [6.07, 6.45) is -6.70. The largest absolute Gasteiger partial charge is 0.465 e. The van der Waals surface area contributed by atoms with E-state index in [-0.39, 0.29) is 4.90 Å². The molecule has 0 aliphatic rings. The molecule has 6 nitrogen and oxygen atoms in total. The first-order valence-electron chi connectivity index (χ1n) is 4.53. The molecular weight excluding hydrogens is 257 g/mol. The maximum absolute atomic E-state index is 12.2. The molecule has 1 rings (SSSR count). The lowest BCUT2D eigenvalue weighted by Crippen LogP contribution is -2.38. The van der Waals surface area contributed by atoms with Crippen LogP contribution in [-0.4, -0.2) is 28.8 Å². The number of carbonyl (C=O) groups is 1. The van der Waals surface area contributed by atoms with Gasteiger partial charge in [-0.25, -0.2) is 4.79 Å². The Bertz CT molecular complexity index is 475. The molecule has 1 aromatic rings. The molecule has 0 heterocycles. The molecule has 0 fully saturated rings. The van der Waals surface area contributed by atoms with Crippen LogP contribution in [-0.2, 0) is 0 Å². The van der Waals surface area contributed by atoms with E-state index in [1.165, 1.54) is 12.1 Å². The minimum absolute atomic E-state index is 0.113. The molecule has 0 aromatic heterocycles. The van der Waals surface area contributed by atoms with Gasteiger partial charge in [-0.2, -0.15) is 13.2 Å². The lowest BCUT2D eigenvalue weighted by Gasteiger charge is -2.20. The van der Waals surface area contributed by atoms with Crippen LogP contribution in [0.5, 0.6) is 0 Å². The van der Waals surface area contributed by atoms with Crippen molar-refractivity contribution >= 4 is 17.5 Å². The van der Waals surface area contributed by atoms with E-state index >= 15 is 0 Å². The summed E-state index contributed by atoms with van der Waals surface area (Å²) in [7, 11) is 0. The summed E-state index contributed by atoms with van der Waals surface area (Å²) < 4.78 is 36.6. The number of amides is 1. The van der Waals surface area contributed by atoms with Gasteiger partial charge >= 0.3 is 12.3 Å². The zero-order valence-electron chi connectivity index (χ0n) is 8.72. The topological polar surface area (TPSA) is 83.7 Å². The van der Waals surface area contributed by atoms with Crippen molar-refractivity contribution in [2.24, 2.45) is 0 Å². The Labute approximate surface area is 98.4 Å². The lowest BCUT2D eigenvalue weighted by atomic mass is 10.2. The zero-order valence-corrected chi connectivity index (χ0v) is 8.72. The fourth-order valence-corrected chi connectivity index (χ4v) is 1.28. The maximum Gasteiger partial charge on any atom is 0.412 e. The number of hydrogen-bond donors (Lipinski definition) is 1. The van der Waals surface area contributed by atoms with E-state index in [1.807, 2.05) is 0 Å². The number of nitro groups is 1. The van der Waals surface area contributed by atoms with Crippen LogP contribution >= 0.6 is 0 Å². The first-order chi connectivity index (χ1) is 8.22. The van der Waals surface area contributed by atoms with E-state index in [0.717, 1.165) is 12.1 Å². The van der Waals surface area contributed by atoms with E-state index in [0.29, 0.717) is 0 Å². The lowest BCUT2D eigenvalue weighted by molar-refractivity contribution is -0.384. The van der Waals surface area contributed by atoms with E-state index < -0.39 is 35.1 Å². The summed E-state index contributed by atoms with van der Waals surface area (Å²) in [5.41, 5.74) is -1.32. The molecule has 0 saturated heterocycles. The molecule has 9 heteroatoms. The fraction of sp³-hybridized carbons (Fsp3) is 0.222. The van der Waals surface area contributed by atoms with Crippen LogP contribution in [0, 0.1) is 10.1 Å². The van der Waals surface area contributed by atoms with Crippen LogP contribution in [0.1, 0.15) is 0 Å². The third-order valence-electron chi connectivity index (χ3n) is 1.94. The molecule has 0 atom stereocenters. The quantitative estimate of drug-likeness (QED) is 0.671. The number of anilines is 1. The third-order valence-corrected chi connectivity index (χ3v) is 1.94. The Hall–Kier alpha value is -2.32. The summed E-state index contributed by atoms with van der Waals surface area (Å²) in [5.74, 6) is 0. The Morgan fingerprint density at radius 2 is 1.94 bits per heavy atom. The summed E-state index contributed by atoms with van der Waals surface area (Å²) in [6, 6.07) is 4.32. The molecule has 1 N–H and O–H groups in total. The van der Waals surface area contributed by atoms with Crippen molar-refractivity contribution in [3.63, 3.8) is 0 Å². The molecule has 1 amide bonds. The summed E-state index contributed by atoms with van der Waals surface area (Å²) in [5, 5.41) is 19.3. The molecule has 0 spiro atoms. The van der Waals surface area contributed by atoms with Gasteiger partial charge in [0.1, 0.15) is 12.2 Å². The monoisotopic (exact) mass is 264 g/mol. The van der Waals surface area contributed by atoms with Crippen LogP contribution < -0.4 is 4.90 Å². The van der Waals surface area contributed by atoms with Gasteiger partial charge in [0.2, 0.25) is 0 Å². The Morgan fingerprint density at radius 3 is 2.39 bits per heavy atom. The molecule has 1 aromatic carbocycles. The molecule has 0 aliphatic heterocycles. The highest BCUT2D eigenvalue weighted by Crippen LogP contribution is 2.30. The molecule has 98 valence electrons. The van der Waals surface area contributed by atoms with E-state index in [4.69, 9.17) is 5.11 Å². The van der Waals surface area contributed by atoms with Gasteiger partial charge in [-0.3, -0.25) is 15.0 Å². The summed E-state index contributed by atoms with van der Waals surface area (Å²) in [4.78, 5) is 20.3. The predicted molar refractivity (Wildman–Crippen MR) is 54.5 cm³/mol. The van der Waals surface area contributed by atoms with Gasteiger partial charge in [0.25, 0.3) is 5.69 Å². The van der Waals surface area contributed by atoms with Crippen LogP contribution in [0.4, 0.5) is 29.3 Å². The normalized spacial score (nSPS) is 11.1. The summed E-state index contributed by atoms with van der Waals surface area (Å²) >= 11 is 0. The van der Waals surface area contributed by atoms with Crippen LogP contribution in [0.3, 0.4) is 0 Å². The van der Waals surface area contributed by atoms with Gasteiger partial charge < -0.3 is 5.11 Å². The second-order valence-corrected chi connectivity index (χ2v) is 3.23. The van der Waals surface area contributed by atoms with Gasteiger partial charge in [-0.1, -0.05) is 12.1 Å². The summed E-state index contributed by atoms with van der Waals surface area (Å²) in [6.45, 7) is -1.81. The smallest absolute Gasteiger partial charge is 0.412 e. The minimum atomic E-state index is -4.79. The number of benzene rings is 1. The second kappa shape index (κ2) is 4.90. The Morgan fingerprint density at radius 1 is 1.39 bits per heavy atom. The first kappa shape index (κ1) is 13.7. The van der Waals surface area contributed by atoms with Gasteiger partial charge in [0.05, 0.1) is 4.92 Å². The van der Waals surface area contributed by atoms with E-state index in [9.17, 15) is 28.1 Å². The van der Waals surface area contributed by atoms with Crippen molar-refractivity contribution in [3.8, 4) is 0 Å². The van der Waals surface area contributed by atoms with Crippen molar-refractivity contribution < 1.29 is 28.0 Å². The molecule has 0 bridgehead atoms. The standard InChI is InChI=1S/C9H7F3N2O4/c10-9(11,12)5-13(8(15)16)6-3-1-2-4-7(6)14(17)18/h1-4H,5H2,(H,15,16). The van der Waals surface area contributed by atoms with Gasteiger partial charge in [0.15, 0.2) is 0 Å². The number of rotatable bonds is 3. The number of hydrogen-bond acceptors (Lipinski definition) is 3. The number of nitro benzene ring substituents is 1. The predicted octanol–water partition coefficient (Wildman–Crippen LogP) is 2.64. The fourth-order valence-electron chi connectivity index (χ4n) is 1.28. The molecule has 18 heavy (non-hydrogen) atoms. The zero-order chi connectivity index (χ0) is 13.9. The van der Waals surface area contributed by atoms with Crippen LogP contribution in [0.25, 0.3) is 0 Å². The third kappa shape index (κ3) is 3.34. The SMILES string of the molecule is O=C(O)N(CC(F)(F)F)c1ccccc1[N+](=O)[O-]. The van der Waals surface area contributed by atoms with E-state index in [1.54, 1.807) is 0 Å². The number of para-hydroxylation sites is 2.